The van der Waals surface area contributed by atoms with E-state index in [1.807, 2.05) is 36.4 Å². The molecule has 2 heterocycles. The second kappa shape index (κ2) is 9.32. The van der Waals surface area contributed by atoms with Crippen LogP contribution in [0, 0.1) is 11.3 Å². The molecule has 0 bridgehead atoms. The first-order valence-electron chi connectivity index (χ1n) is 11.2. The van der Waals surface area contributed by atoms with Crippen molar-refractivity contribution in [1.29, 1.82) is 5.26 Å². The highest BCUT2D eigenvalue weighted by molar-refractivity contribution is 5.94. The number of hydrogen-bond donors (Lipinski definition) is 0. The number of benzene rings is 3. The Morgan fingerprint density at radius 2 is 1.73 bits per heavy atom. The summed E-state index contributed by atoms with van der Waals surface area (Å²) in [6, 6.07) is 28.7. The highest BCUT2D eigenvalue weighted by Gasteiger charge is 2.20. The standard InChI is InChI=1S/C28H26N4O/c1-33-26-11-3-2-7-24(26)20-31-14-16-32(17-15-31)27-13-12-22-8-5-10-25(28(22)30-27)23-9-4-6-21(18-23)19-29/h2-13,18H,14-17,20H2,1H3. The third-order valence-corrected chi connectivity index (χ3v) is 6.29. The fourth-order valence-corrected chi connectivity index (χ4v) is 4.51. The molecule has 5 nitrogen and oxygen atoms in total. The van der Waals surface area contributed by atoms with Crippen LogP contribution in [0.15, 0.2) is 78.9 Å². The lowest BCUT2D eigenvalue weighted by Crippen LogP contribution is -2.46. The summed E-state index contributed by atoms with van der Waals surface area (Å²) in [6.07, 6.45) is 0. The van der Waals surface area contributed by atoms with Crippen molar-refractivity contribution in [3.8, 4) is 22.9 Å². The van der Waals surface area contributed by atoms with E-state index in [2.05, 4.69) is 58.3 Å². The predicted octanol–water partition coefficient (Wildman–Crippen LogP) is 5.10. The minimum absolute atomic E-state index is 0.659. The molecule has 1 saturated heterocycles. The number of nitrogens with zero attached hydrogens (tertiary/aromatic N) is 4. The zero-order chi connectivity index (χ0) is 22.6. The van der Waals surface area contributed by atoms with E-state index in [4.69, 9.17) is 9.72 Å². The number of piperazine rings is 1. The van der Waals surface area contributed by atoms with Crippen molar-refractivity contribution in [1.82, 2.24) is 9.88 Å². The van der Waals surface area contributed by atoms with Crippen molar-refractivity contribution in [2.75, 3.05) is 38.2 Å². The molecule has 0 spiro atoms. The van der Waals surface area contributed by atoms with Crippen molar-refractivity contribution in [3.63, 3.8) is 0 Å². The second-order valence-corrected chi connectivity index (χ2v) is 8.31. The summed E-state index contributed by atoms with van der Waals surface area (Å²) in [5.74, 6) is 1.95. The smallest absolute Gasteiger partial charge is 0.129 e. The summed E-state index contributed by atoms with van der Waals surface area (Å²) in [5.41, 5.74) is 4.93. The van der Waals surface area contributed by atoms with Crippen LogP contribution in [0.2, 0.25) is 0 Å². The van der Waals surface area contributed by atoms with Gasteiger partial charge in [-0.05, 0) is 35.9 Å². The topological polar surface area (TPSA) is 52.4 Å². The molecule has 4 aromatic rings. The molecule has 1 aromatic heterocycles. The first-order valence-corrected chi connectivity index (χ1v) is 11.2. The van der Waals surface area contributed by atoms with Crippen molar-refractivity contribution in [2.24, 2.45) is 0 Å². The van der Waals surface area contributed by atoms with Crippen LogP contribution in [0.25, 0.3) is 22.0 Å². The van der Waals surface area contributed by atoms with Crippen LogP contribution in [-0.4, -0.2) is 43.2 Å². The van der Waals surface area contributed by atoms with Crippen LogP contribution in [0.1, 0.15) is 11.1 Å². The number of aromatic nitrogens is 1. The van der Waals surface area contributed by atoms with E-state index in [9.17, 15) is 5.26 Å². The van der Waals surface area contributed by atoms with Crippen LogP contribution < -0.4 is 9.64 Å². The number of fused-ring (bicyclic) bond motifs is 1. The summed E-state index contributed by atoms with van der Waals surface area (Å²) in [6.45, 7) is 4.70. The molecule has 33 heavy (non-hydrogen) atoms. The van der Waals surface area contributed by atoms with Gasteiger partial charge in [-0.1, -0.05) is 48.5 Å². The molecule has 3 aromatic carbocycles. The largest absolute Gasteiger partial charge is 0.496 e. The van der Waals surface area contributed by atoms with Gasteiger partial charge in [0.25, 0.3) is 0 Å². The third-order valence-electron chi connectivity index (χ3n) is 6.29. The molecule has 0 aliphatic carbocycles. The monoisotopic (exact) mass is 434 g/mol. The maximum Gasteiger partial charge on any atom is 0.129 e. The Hall–Kier alpha value is -3.88. The fourth-order valence-electron chi connectivity index (χ4n) is 4.51. The van der Waals surface area contributed by atoms with Gasteiger partial charge in [0.15, 0.2) is 0 Å². The lowest BCUT2D eigenvalue weighted by atomic mass is 10.0. The van der Waals surface area contributed by atoms with Crippen molar-refractivity contribution >= 4 is 16.7 Å². The van der Waals surface area contributed by atoms with E-state index in [0.29, 0.717) is 5.56 Å². The van der Waals surface area contributed by atoms with E-state index in [1.165, 1.54) is 5.56 Å². The summed E-state index contributed by atoms with van der Waals surface area (Å²) in [4.78, 5) is 9.90. The number of nitriles is 1. The number of rotatable bonds is 5. The van der Waals surface area contributed by atoms with Crippen LogP contribution in [0.3, 0.4) is 0 Å². The zero-order valence-corrected chi connectivity index (χ0v) is 18.7. The maximum absolute atomic E-state index is 9.30. The van der Waals surface area contributed by atoms with Crippen LogP contribution in [-0.2, 0) is 6.54 Å². The average Bonchev–Trinajstić information content (AvgIpc) is 2.89. The lowest BCUT2D eigenvalue weighted by molar-refractivity contribution is 0.245. The zero-order valence-electron chi connectivity index (χ0n) is 18.7. The van der Waals surface area contributed by atoms with Gasteiger partial charge in [-0.2, -0.15) is 5.26 Å². The molecule has 0 radical (unpaired) electrons. The minimum atomic E-state index is 0.659. The Labute approximate surface area is 194 Å². The normalized spacial score (nSPS) is 14.2. The molecular formula is C28H26N4O. The molecule has 1 aliphatic heterocycles. The third kappa shape index (κ3) is 4.39. The van der Waals surface area contributed by atoms with Gasteiger partial charge in [0.1, 0.15) is 11.6 Å². The van der Waals surface area contributed by atoms with Gasteiger partial charge in [-0.15, -0.1) is 0 Å². The first kappa shape index (κ1) is 21.0. The van der Waals surface area contributed by atoms with E-state index >= 15 is 0 Å². The van der Waals surface area contributed by atoms with Crippen LogP contribution in [0.4, 0.5) is 5.82 Å². The van der Waals surface area contributed by atoms with Gasteiger partial charge in [0.05, 0.1) is 24.3 Å². The summed E-state index contributed by atoms with van der Waals surface area (Å²) >= 11 is 0. The van der Waals surface area contributed by atoms with Gasteiger partial charge in [-0.3, -0.25) is 4.90 Å². The maximum atomic E-state index is 9.30. The molecule has 0 saturated carbocycles. The minimum Gasteiger partial charge on any atom is -0.496 e. The SMILES string of the molecule is COc1ccccc1CN1CCN(c2ccc3cccc(-c4cccc(C#N)c4)c3n2)CC1. The molecular weight excluding hydrogens is 408 g/mol. The number of anilines is 1. The molecule has 0 amide bonds. The molecule has 0 atom stereocenters. The van der Waals surface area contributed by atoms with Crippen LogP contribution in [0.5, 0.6) is 5.75 Å². The van der Waals surface area contributed by atoms with E-state index in [0.717, 1.165) is 66.3 Å². The number of hydrogen-bond acceptors (Lipinski definition) is 5. The molecule has 0 N–H and O–H groups in total. The Morgan fingerprint density at radius 3 is 2.55 bits per heavy atom. The van der Waals surface area contributed by atoms with Gasteiger partial charge < -0.3 is 9.64 Å². The van der Waals surface area contributed by atoms with Gasteiger partial charge in [-0.25, -0.2) is 4.98 Å². The summed E-state index contributed by atoms with van der Waals surface area (Å²) in [7, 11) is 1.73. The fraction of sp³-hybridized carbons (Fsp3) is 0.214. The van der Waals surface area contributed by atoms with E-state index in [1.54, 1.807) is 7.11 Å². The van der Waals surface area contributed by atoms with Crippen LogP contribution >= 0.6 is 0 Å². The number of para-hydroxylation sites is 2. The Morgan fingerprint density at radius 1 is 0.909 bits per heavy atom. The van der Waals surface area contributed by atoms with Gasteiger partial charge >= 0.3 is 0 Å². The first-order chi connectivity index (χ1) is 16.2. The quantitative estimate of drug-likeness (QED) is 0.437. The average molecular weight is 435 g/mol. The molecule has 5 rings (SSSR count). The molecule has 1 fully saturated rings. The van der Waals surface area contributed by atoms with Crippen molar-refractivity contribution in [2.45, 2.75) is 6.54 Å². The Bertz CT molecular complexity index is 1320. The van der Waals surface area contributed by atoms with E-state index in [-0.39, 0.29) is 0 Å². The van der Waals surface area contributed by atoms with Crippen molar-refractivity contribution < 1.29 is 4.74 Å². The number of ether oxygens (including phenoxy) is 1. The predicted molar refractivity (Wildman–Crippen MR) is 132 cm³/mol. The Kier molecular flexibility index (Phi) is 5.93. The molecule has 0 unspecified atom stereocenters. The second-order valence-electron chi connectivity index (χ2n) is 8.31. The summed E-state index contributed by atoms with van der Waals surface area (Å²) < 4.78 is 5.52. The number of pyridine rings is 1. The summed E-state index contributed by atoms with van der Waals surface area (Å²) in [5, 5.41) is 10.4. The van der Waals surface area contributed by atoms with Crippen molar-refractivity contribution in [3.05, 3.63) is 90.0 Å². The lowest BCUT2D eigenvalue weighted by Gasteiger charge is -2.35. The molecule has 5 heteroatoms. The highest BCUT2D eigenvalue weighted by Crippen LogP contribution is 2.30. The Balaban J connectivity index is 1.36. The van der Waals surface area contributed by atoms with Gasteiger partial charge in [0, 0.05) is 49.2 Å². The molecule has 1 aliphatic rings. The highest BCUT2D eigenvalue weighted by atomic mass is 16.5. The molecule has 164 valence electrons. The number of methoxy groups -OCH3 is 1. The van der Waals surface area contributed by atoms with Gasteiger partial charge in [0.2, 0.25) is 0 Å². The van der Waals surface area contributed by atoms with E-state index < -0.39 is 0 Å².